The maximum Gasteiger partial charge on any atom is 0.310 e. The average molecular weight is 430 g/mol. The molecule has 1 aliphatic rings. The highest BCUT2D eigenvalue weighted by atomic mass is 35.5. The third-order valence-corrected chi connectivity index (χ3v) is 5.26. The van der Waals surface area contributed by atoms with Gasteiger partial charge in [-0.3, -0.25) is 4.79 Å². The Labute approximate surface area is 180 Å². The second-order valence-corrected chi connectivity index (χ2v) is 7.48. The van der Waals surface area contributed by atoms with E-state index in [-0.39, 0.29) is 12.4 Å². The second kappa shape index (κ2) is 9.41. The summed E-state index contributed by atoms with van der Waals surface area (Å²) < 4.78 is 22.5. The van der Waals surface area contributed by atoms with Gasteiger partial charge in [0, 0.05) is 34.6 Å². The Hall–Kier alpha value is -2.70. The average Bonchev–Trinajstić information content (AvgIpc) is 3.16. The molecule has 7 heteroatoms. The number of carbonyl (C=O) groups is 1. The first kappa shape index (κ1) is 20.6. The van der Waals surface area contributed by atoms with Crippen molar-refractivity contribution >= 4 is 34.2 Å². The van der Waals surface area contributed by atoms with Gasteiger partial charge in [-0.1, -0.05) is 29.8 Å². The molecular formula is C23H24ClNO5. The van der Waals surface area contributed by atoms with Crippen molar-refractivity contribution in [3.8, 4) is 5.75 Å². The lowest BCUT2D eigenvalue weighted by atomic mass is 10.1. The Morgan fingerprint density at radius 1 is 1.17 bits per heavy atom. The molecule has 30 heavy (non-hydrogen) atoms. The predicted molar refractivity (Wildman–Crippen MR) is 115 cm³/mol. The molecule has 0 radical (unpaired) electrons. The summed E-state index contributed by atoms with van der Waals surface area (Å²) in [7, 11) is 0. The maximum absolute atomic E-state index is 11.9. The van der Waals surface area contributed by atoms with Crippen LogP contribution in [0.1, 0.15) is 18.1 Å². The number of nitrogens with zero attached hydrogens (tertiary/aromatic N) is 1. The molecule has 1 aliphatic heterocycles. The second-order valence-electron chi connectivity index (χ2n) is 7.04. The largest absolute Gasteiger partial charge is 0.488 e. The van der Waals surface area contributed by atoms with Gasteiger partial charge in [0.05, 0.1) is 38.2 Å². The van der Waals surface area contributed by atoms with E-state index in [0.717, 1.165) is 40.9 Å². The van der Waals surface area contributed by atoms with E-state index in [4.69, 9.17) is 30.2 Å². The van der Waals surface area contributed by atoms with Crippen molar-refractivity contribution in [2.75, 3.05) is 37.8 Å². The van der Waals surface area contributed by atoms with Crippen LogP contribution in [-0.2, 0) is 27.3 Å². The molecule has 1 aromatic heterocycles. The smallest absolute Gasteiger partial charge is 0.310 e. The van der Waals surface area contributed by atoms with Gasteiger partial charge in [0.25, 0.3) is 0 Å². The highest BCUT2D eigenvalue weighted by molar-refractivity contribution is 6.32. The molecule has 0 amide bonds. The van der Waals surface area contributed by atoms with Crippen molar-refractivity contribution in [2.45, 2.75) is 20.0 Å². The van der Waals surface area contributed by atoms with Crippen molar-refractivity contribution in [1.82, 2.24) is 0 Å². The Bertz CT molecular complexity index is 1030. The minimum atomic E-state index is -0.274. The van der Waals surface area contributed by atoms with Crippen LogP contribution in [-0.4, -0.2) is 38.9 Å². The Morgan fingerprint density at radius 2 is 1.97 bits per heavy atom. The molecule has 2 aromatic carbocycles. The molecule has 158 valence electrons. The molecule has 0 bridgehead atoms. The summed E-state index contributed by atoms with van der Waals surface area (Å²) in [5.41, 5.74) is 3.44. The molecule has 0 unspecified atom stereocenters. The Balaban J connectivity index is 1.56. The number of ether oxygens (including phenoxy) is 3. The number of furan rings is 1. The van der Waals surface area contributed by atoms with Crippen LogP contribution in [0.15, 0.2) is 47.1 Å². The van der Waals surface area contributed by atoms with Crippen LogP contribution in [0.3, 0.4) is 0 Å². The van der Waals surface area contributed by atoms with Gasteiger partial charge in [0.15, 0.2) is 5.58 Å². The van der Waals surface area contributed by atoms with Crippen LogP contribution in [0, 0.1) is 0 Å². The SMILES string of the molecule is CCOC(=O)Cc1ccccc1OCc1coc2c(N3CCOCC3)cc(Cl)cc12. The highest BCUT2D eigenvalue weighted by Gasteiger charge is 2.19. The quantitative estimate of drug-likeness (QED) is 0.511. The van der Waals surface area contributed by atoms with Crippen molar-refractivity contribution in [3.05, 3.63) is 58.8 Å². The van der Waals surface area contributed by atoms with Gasteiger partial charge in [0.1, 0.15) is 12.4 Å². The number of anilines is 1. The number of benzene rings is 2. The van der Waals surface area contributed by atoms with E-state index < -0.39 is 0 Å². The fourth-order valence-corrected chi connectivity index (χ4v) is 3.81. The van der Waals surface area contributed by atoms with Crippen molar-refractivity contribution in [1.29, 1.82) is 0 Å². The normalized spacial score (nSPS) is 14.1. The van der Waals surface area contributed by atoms with Crippen LogP contribution in [0.5, 0.6) is 5.75 Å². The number of hydrogen-bond acceptors (Lipinski definition) is 6. The molecule has 4 rings (SSSR count). The van der Waals surface area contributed by atoms with E-state index in [1.807, 2.05) is 36.4 Å². The summed E-state index contributed by atoms with van der Waals surface area (Å²) in [6, 6.07) is 11.3. The molecule has 0 aliphatic carbocycles. The van der Waals surface area contributed by atoms with E-state index in [1.165, 1.54) is 0 Å². The molecule has 1 saturated heterocycles. The summed E-state index contributed by atoms with van der Waals surface area (Å²) in [4.78, 5) is 14.1. The summed E-state index contributed by atoms with van der Waals surface area (Å²) in [6.45, 7) is 5.40. The first-order valence-corrected chi connectivity index (χ1v) is 10.4. The van der Waals surface area contributed by atoms with Crippen LogP contribution in [0.25, 0.3) is 11.0 Å². The first-order chi connectivity index (χ1) is 14.7. The minimum Gasteiger partial charge on any atom is -0.488 e. The fourth-order valence-electron chi connectivity index (χ4n) is 3.60. The number of halogens is 1. The van der Waals surface area contributed by atoms with E-state index in [9.17, 15) is 4.79 Å². The molecule has 2 heterocycles. The van der Waals surface area contributed by atoms with E-state index in [1.54, 1.807) is 13.2 Å². The monoisotopic (exact) mass is 429 g/mol. The zero-order chi connectivity index (χ0) is 20.9. The number of esters is 1. The minimum absolute atomic E-state index is 0.170. The van der Waals surface area contributed by atoms with Gasteiger partial charge >= 0.3 is 5.97 Å². The zero-order valence-electron chi connectivity index (χ0n) is 16.9. The first-order valence-electron chi connectivity index (χ1n) is 10.0. The summed E-state index contributed by atoms with van der Waals surface area (Å²) >= 11 is 6.41. The molecular weight excluding hydrogens is 406 g/mol. The number of carbonyl (C=O) groups excluding carboxylic acids is 1. The van der Waals surface area contributed by atoms with Crippen molar-refractivity contribution in [3.63, 3.8) is 0 Å². The summed E-state index contributed by atoms with van der Waals surface area (Å²) in [6.07, 6.45) is 1.88. The third kappa shape index (κ3) is 4.55. The van der Waals surface area contributed by atoms with Gasteiger partial charge in [-0.05, 0) is 25.1 Å². The standard InChI is InChI=1S/C23H24ClNO5/c1-2-28-22(26)11-16-5-3-4-6-21(16)29-14-17-15-30-23-19(17)12-18(24)13-20(23)25-7-9-27-10-8-25/h3-6,12-13,15H,2,7-11,14H2,1H3. The van der Waals surface area contributed by atoms with Gasteiger partial charge in [-0.2, -0.15) is 0 Å². The number of rotatable bonds is 7. The third-order valence-electron chi connectivity index (χ3n) is 5.05. The lowest BCUT2D eigenvalue weighted by Gasteiger charge is -2.28. The predicted octanol–water partition coefficient (Wildman–Crippen LogP) is 4.61. The van der Waals surface area contributed by atoms with Crippen molar-refractivity contribution < 1.29 is 23.4 Å². The molecule has 6 nitrogen and oxygen atoms in total. The summed E-state index contributed by atoms with van der Waals surface area (Å²) in [5.74, 6) is 0.375. The molecule has 0 spiro atoms. The van der Waals surface area contributed by atoms with E-state index in [0.29, 0.717) is 37.2 Å². The number of hydrogen-bond donors (Lipinski definition) is 0. The number of fused-ring (bicyclic) bond motifs is 1. The Morgan fingerprint density at radius 3 is 2.77 bits per heavy atom. The van der Waals surface area contributed by atoms with E-state index >= 15 is 0 Å². The topological polar surface area (TPSA) is 61.1 Å². The van der Waals surface area contributed by atoms with E-state index in [2.05, 4.69) is 4.90 Å². The molecule has 1 fully saturated rings. The lowest BCUT2D eigenvalue weighted by molar-refractivity contribution is -0.142. The molecule has 3 aromatic rings. The molecule has 0 atom stereocenters. The van der Waals surface area contributed by atoms with Gasteiger partial charge in [0.2, 0.25) is 0 Å². The number of para-hydroxylation sites is 1. The summed E-state index contributed by atoms with van der Waals surface area (Å²) in [5, 5.41) is 1.57. The highest BCUT2D eigenvalue weighted by Crippen LogP contribution is 2.35. The van der Waals surface area contributed by atoms with Crippen LogP contribution < -0.4 is 9.64 Å². The van der Waals surface area contributed by atoms with Gasteiger partial charge < -0.3 is 23.5 Å². The zero-order valence-corrected chi connectivity index (χ0v) is 17.6. The van der Waals surface area contributed by atoms with Gasteiger partial charge in [-0.15, -0.1) is 0 Å². The Kier molecular flexibility index (Phi) is 6.45. The fraction of sp³-hybridized carbons (Fsp3) is 0.348. The van der Waals surface area contributed by atoms with Crippen LogP contribution in [0.2, 0.25) is 5.02 Å². The lowest BCUT2D eigenvalue weighted by Crippen LogP contribution is -2.36. The van der Waals surface area contributed by atoms with Crippen molar-refractivity contribution in [2.24, 2.45) is 0 Å². The van der Waals surface area contributed by atoms with Crippen LogP contribution in [0.4, 0.5) is 5.69 Å². The van der Waals surface area contributed by atoms with Gasteiger partial charge in [-0.25, -0.2) is 0 Å². The maximum atomic E-state index is 11.9. The molecule has 0 saturated carbocycles. The molecule has 0 N–H and O–H groups in total. The van der Waals surface area contributed by atoms with Crippen LogP contribution >= 0.6 is 11.6 Å². The number of morpholine rings is 1.